The van der Waals surface area contributed by atoms with Crippen molar-refractivity contribution in [1.29, 1.82) is 0 Å². The van der Waals surface area contributed by atoms with Crippen LogP contribution in [0.4, 0.5) is 4.39 Å². The molecule has 1 aromatic heterocycles. The maximum Gasteiger partial charge on any atom is 0.254 e. The summed E-state index contributed by atoms with van der Waals surface area (Å²) in [5.74, 6) is -0.828. The van der Waals surface area contributed by atoms with Crippen LogP contribution in [0.2, 0.25) is 0 Å². The highest BCUT2D eigenvalue weighted by molar-refractivity contribution is 5.94. The van der Waals surface area contributed by atoms with Crippen LogP contribution in [0, 0.1) is 12.7 Å². The average Bonchev–Trinajstić information content (AvgIpc) is 2.91. The Morgan fingerprint density at radius 2 is 2.25 bits per heavy atom. The fourth-order valence-electron chi connectivity index (χ4n) is 1.94. The lowest BCUT2D eigenvalue weighted by Crippen LogP contribution is -2.25. The van der Waals surface area contributed by atoms with Gasteiger partial charge in [-0.15, -0.1) is 0 Å². The largest absolute Gasteiger partial charge is 0.352 e. The number of halogens is 1. The molecule has 20 heavy (non-hydrogen) atoms. The predicted molar refractivity (Wildman–Crippen MR) is 74.9 cm³/mol. The molecule has 1 N–H and O–H groups in total. The second-order valence-corrected chi connectivity index (χ2v) is 4.75. The number of amides is 1. The third kappa shape index (κ3) is 3.91. The molecule has 4 nitrogen and oxygen atoms in total. The number of hydrogen-bond donors (Lipinski definition) is 1. The van der Waals surface area contributed by atoms with Crippen molar-refractivity contribution < 1.29 is 9.18 Å². The third-order valence-electron chi connectivity index (χ3n) is 3.06. The van der Waals surface area contributed by atoms with Crippen molar-refractivity contribution in [2.24, 2.45) is 0 Å². The molecule has 2 rings (SSSR count). The van der Waals surface area contributed by atoms with Gasteiger partial charge in [0.25, 0.3) is 5.91 Å². The minimum atomic E-state index is -0.471. The summed E-state index contributed by atoms with van der Waals surface area (Å²) in [4.78, 5) is 15.8. The van der Waals surface area contributed by atoms with Gasteiger partial charge in [0.15, 0.2) is 0 Å². The van der Waals surface area contributed by atoms with Crippen LogP contribution in [0.15, 0.2) is 36.9 Å². The minimum absolute atomic E-state index is 0.102. The van der Waals surface area contributed by atoms with Crippen LogP contribution in [0.3, 0.4) is 0 Å². The number of unbranched alkanes of at least 4 members (excludes halogenated alkanes) is 1. The van der Waals surface area contributed by atoms with E-state index in [2.05, 4.69) is 10.3 Å². The normalized spacial score (nSPS) is 10.5. The summed E-state index contributed by atoms with van der Waals surface area (Å²) < 4.78 is 15.6. The Labute approximate surface area is 117 Å². The number of aromatic nitrogens is 2. The monoisotopic (exact) mass is 275 g/mol. The van der Waals surface area contributed by atoms with E-state index < -0.39 is 5.82 Å². The van der Waals surface area contributed by atoms with Gasteiger partial charge in [0.05, 0.1) is 11.9 Å². The molecule has 0 aliphatic rings. The highest BCUT2D eigenvalue weighted by atomic mass is 19.1. The fourth-order valence-corrected chi connectivity index (χ4v) is 1.94. The lowest BCUT2D eigenvalue weighted by molar-refractivity contribution is 0.0949. The Balaban J connectivity index is 1.72. The average molecular weight is 275 g/mol. The zero-order valence-electron chi connectivity index (χ0n) is 11.5. The first-order chi connectivity index (χ1) is 9.66. The lowest BCUT2D eigenvalue weighted by atomic mass is 10.1. The van der Waals surface area contributed by atoms with E-state index in [4.69, 9.17) is 0 Å². The van der Waals surface area contributed by atoms with Gasteiger partial charge in [0, 0.05) is 25.5 Å². The standard InChI is InChI=1S/C15H18FN3O/c1-12-4-5-13(14(16)10-12)15(20)18-6-2-3-8-19-9-7-17-11-19/h4-5,7,9-11H,2-3,6,8H2,1H3,(H,18,20). The fraction of sp³-hybridized carbons (Fsp3) is 0.333. The van der Waals surface area contributed by atoms with Gasteiger partial charge in [-0.1, -0.05) is 6.07 Å². The summed E-state index contributed by atoms with van der Waals surface area (Å²) >= 11 is 0. The van der Waals surface area contributed by atoms with Gasteiger partial charge in [0.1, 0.15) is 5.82 Å². The molecule has 0 fully saturated rings. The highest BCUT2D eigenvalue weighted by Gasteiger charge is 2.10. The highest BCUT2D eigenvalue weighted by Crippen LogP contribution is 2.09. The number of nitrogens with one attached hydrogen (secondary N) is 1. The summed E-state index contributed by atoms with van der Waals surface area (Å²) in [5.41, 5.74) is 0.907. The van der Waals surface area contributed by atoms with Gasteiger partial charge >= 0.3 is 0 Å². The van der Waals surface area contributed by atoms with Crippen LogP contribution in [0.5, 0.6) is 0 Å². The van der Waals surface area contributed by atoms with Crippen LogP contribution < -0.4 is 5.32 Å². The molecule has 5 heteroatoms. The van der Waals surface area contributed by atoms with Crippen LogP contribution in [-0.4, -0.2) is 22.0 Å². The van der Waals surface area contributed by atoms with Crippen molar-refractivity contribution in [1.82, 2.24) is 14.9 Å². The molecule has 0 bridgehead atoms. The Bertz CT molecular complexity index is 567. The van der Waals surface area contributed by atoms with E-state index in [0.29, 0.717) is 6.54 Å². The van der Waals surface area contributed by atoms with Crippen LogP contribution in [0.1, 0.15) is 28.8 Å². The van der Waals surface area contributed by atoms with Crippen LogP contribution >= 0.6 is 0 Å². The van der Waals surface area contributed by atoms with Crippen LogP contribution in [-0.2, 0) is 6.54 Å². The van der Waals surface area contributed by atoms with Crippen molar-refractivity contribution in [3.05, 3.63) is 53.9 Å². The first-order valence-electron chi connectivity index (χ1n) is 6.67. The molecule has 1 heterocycles. The smallest absolute Gasteiger partial charge is 0.254 e. The van der Waals surface area contributed by atoms with Gasteiger partial charge < -0.3 is 9.88 Å². The van der Waals surface area contributed by atoms with Gasteiger partial charge in [-0.25, -0.2) is 9.37 Å². The second kappa shape index (κ2) is 6.84. The quantitative estimate of drug-likeness (QED) is 0.823. The molecule has 1 amide bonds. The molecular weight excluding hydrogens is 257 g/mol. The number of rotatable bonds is 6. The predicted octanol–water partition coefficient (Wildman–Crippen LogP) is 2.54. The number of benzene rings is 1. The van der Waals surface area contributed by atoms with Crippen molar-refractivity contribution >= 4 is 5.91 Å². The number of nitrogens with zero attached hydrogens (tertiary/aromatic N) is 2. The Hall–Kier alpha value is -2.17. The second-order valence-electron chi connectivity index (χ2n) is 4.75. The molecule has 0 spiro atoms. The number of imidazole rings is 1. The number of hydrogen-bond acceptors (Lipinski definition) is 2. The molecule has 0 radical (unpaired) electrons. The Morgan fingerprint density at radius 3 is 2.95 bits per heavy atom. The van der Waals surface area contributed by atoms with E-state index in [1.807, 2.05) is 10.8 Å². The van der Waals surface area contributed by atoms with Gasteiger partial charge in [0.2, 0.25) is 0 Å². The topological polar surface area (TPSA) is 46.9 Å². The summed E-state index contributed by atoms with van der Waals surface area (Å²) in [7, 11) is 0. The van der Waals surface area contributed by atoms with E-state index in [1.54, 1.807) is 25.5 Å². The maximum absolute atomic E-state index is 13.6. The molecule has 0 unspecified atom stereocenters. The molecular formula is C15H18FN3O. The van der Waals surface area contributed by atoms with E-state index in [-0.39, 0.29) is 11.5 Å². The number of carbonyl (C=O) groups is 1. The molecule has 0 atom stereocenters. The Morgan fingerprint density at radius 1 is 1.40 bits per heavy atom. The van der Waals surface area contributed by atoms with Crippen molar-refractivity contribution in [3.63, 3.8) is 0 Å². The molecule has 2 aromatic rings. The first-order valence-corrected chi connectivity index (χ1v) is 6.67. The van der Waals surface area contributed by atoms with E-state index in [9.17, 15) is 9.18 Å². The summed E-state index contributed by atoms with van der Waals surface area (Å²) in [5, 5.41) is 2.74. The summed E-state index contributed by atoms with van der Waals surface area (Å²) in [6, 6.07) is 4.62. The minimum Gasteiger partial charge on any atom is -0.352 e. The van der Waals surface area contributed by atoms with Gasteiger partial charge in [-0.2, -0.15) is 0 Å². The molecule has 1 aromatic carbocycles. The van der Waals surface area contributed by atoms with Crippen molar-refractivity contribution in [2.75, 3.05) is 6.54 Å². The Kier molecular flexibility index (Phi) is 4.87. The zero-order chi connectivity index (χ0) is 14.4. The van der Waals surface area contributed by atoms with E-state index in [0.717, 1.165) is 24.9 Å². The molecule has 0 aliphatic carbocycles. The summed E-state index contributed by atoms with van der Waals surface area (Å²) in [6.45, 7) is 3.20. The van der Waals surface area contributed by atoms with Crippen molar-refractivity contribution in [3.8, 4) is 0 Å². The lowest BCUT2D eigenvalue weighted by Gasteiger charge is -2.07. The van der Waals surface area contributed by atoms with E-state index >= 15 is 0 Å². The summed E-state index contributed by atoms with van der Waals surface area (Å²) in [6.07, 6.45) is 7.19. The molecule has 0 saturated carbocycles. The third-order valence-corrected chi connectivity index (χ3v) is 3.06. The van der Waals surface area contributed by atoms with Gasteiger partial charge in [-0.3, -0.25) is 4.79 Å². The first kappa shape index (κ1) is 14.2. The van der Waals surface area contributed by atoms with Crippen molar-refractivity contribution in [2.45, 2.75) is 26.3 Å². The maximum atomic E-state index is 13.6. The van der Waals surface area contributed by atoms with E-state index in [1.165, 1.54) is 12.1 Å². The zero-order valence-corrected chi connectivity index (χ0v) is 11.5. The van der Waals surface area contributed by atoms with Gasteiger partial charge in [-0.05, 0) is 37.5 Å². The molecule has 0 aliphatic heterocycles. The number of aryl methyl sites for hydroxylation is 2. The van der Waals surface area contributed by atoms with Crippen LogP contribution in [0.25, 0.3) is 0 Å². The molecule has 106 valence electrons. The molecule has 0 saturated heterocycles. The SMILES string of the molecule is Cc1ccc(C(=O)NCCCCn2ccnc2)c(F)c1. The number of carbonyl (C=O) groups excluding carboxylic acids is 1.